The number of nitro groups is 1. The molecule has 1 fully saturated rings. The van der Waals surface area contributed by atoms with Crippen molar-refractivity contribution in [3.8, 4) is 0 Å². The van der Waals surface area contributed by atoms with Gasteiger partial charge in [0.25, 0.3) is 5.69 Å². The highest BCUT2D eigenvalue weighted by molar-refractivity contribution is 5.98. The predicted octanol–water partition coefficient (Wildman–Crippen LogP) is 1.80. The van der Waals surface area contributed by atoms with Crippen LogP contribution in [0.15, 0.2) is 24.3 Å². The number of hydrogen-bond acceptors (Lipinski definition) is 5. The standard InChI is InChI=1S/C15H21N3O3/c1-16(2)13-6-8-17(9-7-13)11-15(19)12-4-3-5-14(10-12)18(20)21/h3-5,10,13H,6-9,11H2,1-2H3. The van der Waals surface area contributed by atoms with E-state index < -0.39 is 4.92 Å². The first-order valence-electron chi connectivity index (χ1n) is 7.14. The van der Waals surface area contributed by atoms with Gasteiger partial charge in [-0.05, 0) is 26.9 Å². The third-order valence-electron chi connectivity index (χ3n) is 4.03. The molecule has 2 rings (SSSR count). The number of piperidine rings is 1. The Morgan fingerprint density at radius 2 is 2.05 bits per heavy atom. The van der Waals surface area contributed by atoms with Gasteiger partial charge in [0.2, 0.25) is 0 Å². The maximum atomic E-state index is 12.2. The van der Waals surface area contributed by atoms with Crippen molar-refractivity contribution >= 4 is 11.5 Å². The zero-order valence-electron chi connectivity index (χ0n) is 12.5. The Morgan fingerprint density at radius 3 is 2.62 bits per heavy atom. The molecule has 1 aliphatic rings. The van der Waals surface area contributed by atoms with Gasteiger partial charge in [-0.2, -0.15) is 0 Å². The molecule has 0 N–H and O–H groups in total. The maximum Gasteiger partial charge on any atom is 0.270 e. The van der Waals surface area contributed by atoms with Crippen LogP contribution in [0.2, 0.25) is 0 Å². The second-order valence-corrected chi connectivity index (χ2v) is 5.70. The number of carbonyl (C=O) groups is 1. The number of non-ortho nitro benzene ring substituents is 1. The van der Waals surface area contributed by atoms with E-state index >= 15 is 0 Å². The molecule has 114 valence electrons. The van der Waals surface area contributed by atoms with Crippen LogP contribution < -0.4 is 0 Å². The van der Waals surface area contributed by atoms with Gasteiger partial charge < -0.3 is 4.90 Å². The van der Waals surface area contributed by atoms with Crippen LogP contribution in [0, 0.1) is 10.1 Å². The van der Waals surface area contributed by atoms with E-state index in [9.17, 15) is 14.9 Å². The molecule has 21 heavy (non-hydrogen) atoms. The second-order valence-electron chi connectivity index (χ2n) is 5.70. The molecule has 0 radical (unpaired) electrons. The van der Waals surface area contributed by atoms with E-state index in [1.165, 1.54) is 12.1 Å². The monoisotopic (exact) mass is 291 g/mol. The van der Waals surface area contributed by atoms with Crippen LogP contribution in [0.4, 0.5) is 5.69 Å². The minimum atomic E-state index is -0.473. The molecule has 0 aromatic heterocycles. The number of nitrogens with zero attached hydrogens (tertiary/aromatic N) is 3. The molecule has 1 saturated heterocycles. The van der Waals surface area contributed by atoms with Gasteiger partial charge in [-0.15, -0.1) is 0 Å². The molecule has 6 heteroatoms. The molecule has 1 aromatic carbocycles. The third kappa shape index (κ3) is 4.09. The number of Topliss-reactive ketones (excluding diaryl/α,β-unsaturated/α-hetero) is 1. The average Bonchev–Trinajstić information content (AvgIpc) is 2.48. The Morgan fingerprint density at radius 1 is 1.38 bits per heavy atom. The van der Waals surface area contributed by atoms with Crippen LogP contribution >= 0.6 is 0 Å². The number of rotatable bonds is 5. The molecule has 0 spiro atoms. The maximum absolute atomic E-state index is 12.2. The van der Waals surface area contributed by atoms with E-state index in [1.807, 2.05) is 0 Å². The van der Waals surface area contributed by atoms with Crippen LogP contribution in [0.25, 0.3) is 0 Å². The summed E-state index contributed by atoms with van der Waals surface area (Å²) < 4.78 is 0. The van der Waals surface area contributed by atoms with Crippen molar-refractivity contribution in [2.24, 2.45) is 0 Å². The van der Waals surface area contributed by atoms with E-state index in [2.05, 4.69) is 23.9 Å². The second kappa shape index (κ2) is 6.78. The molecule has 1 aliphatic heterocycles. The van der Waals surface area contributed by atoms with Gasteiger partial charge >= 0.3 is 0 Å². The highest BCUT2D eigenvalue weighted by Gasteiger charge is 2.22. The summed E-state index contributed by atoms with van der Waals surface area (Å²) in [5.41, 5.74) is 0.381. The smallest absolute Gasteiger partial charge is 0.270 e. The first-order valence-corrected chi connectivity index (χ1v) is 7.14. The summed E-state index contributed by atoms with van der Waals surface area (Å²) >= 11 is 0. The van der Waals surface area contributed by atoms with Gasteiger partial charge in [0.05, 0.1) is 11.5 Å². The van der Waals surface area contributed by atoms with Crippen LogP contribution in [-0.4, -0.2) is 60.3 Å². The quantitative estimate of drug-likeness (QED) is 0.470. The lowest BCUT2D eigenvalue weighted by molar-refractivity contribution is -0.384. The summed E-state index contributed by atoms with van der Waals surface area (Å²) in [6, 6.07) is 6.54. The molecule has 0 aliphatic carbocycles. The van der Waals surface area contributed by atoms with Crippen LogP contribution in [0.1, 0.15) is 23.2 Å². The van der Waals surface area contributed by atoms with Crippen molar-refractivity contribution < 1.29 is 9.72 Å². The van der Waals surface area contributed by atoms with E-state index in [0.717, 1.165) is 25.9 Å². The zero-order valence-corrected chi connectivity index (χ0v) is 12.5. The van der Waals surface area contributed by atoms with E-state index in [1.54, 1.807) is 12.1 Å². The molecular formula is C15H21N3O3. The Labute approximate surface area is 124 Å². The molecule has 0 bridgehead atoms. The van der Waals surface area contributed by atoms with Crippen molar-refractivity contribution in [3.05, 3.63) is 39.9 Å². The molecule has 0 amide bonds. The van der Waals surface area contributed by atoms with E-state index in [-0.39, 0.29) is 11.5 Å². The van der Waals surface area contributed by atoms with Gasteiger partial charge in [-0.25, -0.2) is 0 Å². The minimum Gasteiger partial charge on any atom is -0.306 e. The highest BCUT2D eigenvalue weighted by atomic mass is 16.6. The lowest BCUT2D eigenvalue weighted by Gasteiger charge is -2.34. The average molecular weight is 291 g/mol. The van der Waals surface area contributed by atoms with Crippen LogP contribution in [0.3, 0.4) is 0 Å². The van der Waals surface area contributed by atoms with E-state index in [4.69, 9.17) is 0 Å². The molecule has 0 saturated carbocycles. The fourth-order valence-corrected chi connectivity index (χ4v) is 2.68. The number of ketones is 1. The zero-order chi connectivity index (χ0) is 15.4. The van der Waals surface area contributed by atoms with Gasteiger partial charge in [0, 0.05) is 36.8 Å². The lowest BCUT2D eigenvalue weighted by atomic mass is 10.0. The van der Waals surface area contributed by atoms with Crippen molar-refractivity contribution in [1.82, 2.24) is 9.80 Å². The van der Waals surface area contributed by atoms with Crippen molar-refractivity contribution in [2.45, 2.75) is 18.9 Å². The first-order chi connectivity index (χ1) is 9.97. The number of benzene rings is 1. The Bertz CT molecular complexity index is 523. The molecule has 0 unspecified atom stereocenters. The summed E-state index contributed by atoms with van der Waals surface area (Å²) in [4.78, 5) is 26.8. The SMILES string of the molecule is CN(C)C1CCN(CC(=O)c2cccc([N+](=O)[O-])c2)CC1. The molecule has 1 heterocycles. The van der Waals surface area contributed by atoms with Crippen molar-refractivity contribution in [3.63, 3.8) is 0 Å². The van der Waals surface area contributed by atoms with Crippen molar-refractivity contribution in [1.29, 1.82) is 0 Å². The van der Waals surface area contributed by atoms with Gasteiger partial charge in [-0.1, -0.05) is 12.1 Å². The number of likely N-dealkylation sites (tertiary alicyclic amines) is 1. The Balaban J connectivity index is 1.93. The summed E-state index contributed by atoms with van der Waals surface area (Å²) in [6.45, 7) is 2.12. The fourth-order valence-electron chi connectivity index (χ4n) is 2.68. The van der Waals surface area contributed by atoms with Gasteiger partial charge in [-0.3, -0.25) is 19.8 Å². The van der Waals surface area contributed by atoms with Gasteiger partial charge in [0.15, 0.2) is 5.78 Å². The largest absolute Gasteiger partial charge is 0.306 e. The topological polar surface area (TPSA) is 66.7 Å². The summed E-state index contributed by atoms with van der Waals surface area (Å²) in [5, 5.41) is 10.7. The number of hydrogen-bond donors (Lipinski definition) is 0. The Kier molecular flexibility index (Phi) is 5.03. The summed E-state index contributed by atoms with van der Waals surface area (Å²) in [5.74, 6) is -0.0537. The normalized spacial score (nSPS) is 17.1. The minimum absolute atomic E-state index is 0.0350. The number of nitro benzene ring substituents is 1. The Hall–Kier alpha value is -1.79. The molecular weight excluding hydrogens is 270 g/mol. The van der Waals surface area contributed by atoms with Crippen LogP contribution in [-0.2, 0) is 0 Å². The van der Waals surface area contributed by atoms with Crippen LogP contribution in [0.5, 0.6) is 0 Å². The first kappa shape index (κ1) is 15.6. The summed E-state index contributed by atoms with van der Waals surface area (Å²) in [7, 11) is 4.16. The third-order valence-corrected chi connectivity index (χ3v) is 4.03. The molecule has 6 nitrogen and oxygen atoms in total. The van der Waals surface area contributed by atoms with E-state index in [0.29, 0.717) is 18.2 Å². The highest BCUT2D eigenvalue weighted by Crippen LogP contribution is 2.17. The molecule has 1 aromatic rings. The fraction of sp³-hybridized carbons (Fsp3) is 0.533. The number of carbonyl (C=O) groups excluding carboxylic acids is 1. The predicted molar refractivity (Wildman–Crippen MR) is 80.6 cm³/mol. The summed E-state index contributed by atoms with van der Waals surface area (Å²) in [6.07, 6.45) is 2.10. The lowest BCUT2D eigenvalue weighted by Crippen LogP contribution is -2.43. The van der Waals surface area contributed by atoms with Crippen molar-refractivity contribution in [2.75, 3.05) is 33.7 Å². The van der Waals surface area contributed by atoms with Gasteiger partial charge in [0.1, 0.15) is 0 Å². The molecule has 0 atom stereocenters.